The largest absolute Gasteiger partial charge is 0.520 e. The highest BCUT2D eigenvalue weighted by Crippen LogP contribution is 2.21. The molecule has 2 nitrogen and oxygen atoms in total. The normalized spacial score (nSPS) is 11.7. The Labute approximate surface area is 163 Å². The first-order chi connectivity index (χ1) is 12.5. The van der Waals surface area contributed by atoms with Gasteiger partial charge in [-0.2, -0.15) is 0 Å². The molecular formula is C23H42O2Si. The van der Waals surface area contributed by atoms with Gasteiger partial charge in [0.25, 0.3) is 0 Å². The average Bonchev–Trinajstić information content (AvgIpc) is 2.61. The van der Waals surface area contributed by atoms with Crippen LogP contribution in [0.15, 0.2) is 24.3 Å². The van der Waals surface area contributed by atoms with Crippen LogP contribution < -0.4 is 4.43 Å². The Morgan fingerprint density at radius 1 is 0.731 bits per heavy atom. The molecule has 0 unspecified atom stereocenters. The van der Waals surface area contributed by atoms with Gasteiger partial charge in [0.05, 0.1) is 0 Å². The molecule has 0 heterocycles. The van der Waals surface area contributed by atoms with Crippen LogP contribution in [-0.4, -0.2) is 15.2 Å². The van der Waals surface area contributed by atoms with Crippen molar-refractivity contribution in [1.29, 1.82) is 0 Å². The molecule has 0 radical (unpaired) electrons. The Morgan fingerprint density at radius 2 is 1.23 bits per heavy atom. The van der Waals surface area contributed by atoms with Gasteiger partial charge in [-0.1, -0.05) is 95.8 Å². The third-order valence-electron chi connectivity index (χ3n) is 4.90. The summed E-state index contributed by atoms with van der Waals surface area (Å²) in [5, 5.41) is 0. The summed E-state index contributed by atoms with van der Waals surface area (Å²) in [6.45, 7) is 9.49. The number of benzene rings is 1. The van der Waals surface area contributed by atoms with Crippen LogP contribution in [0.5, 0.6) is 5.75 Å². The Bertz CT molecular complexity index is 459. The lowest BCUT2D eigenvalue weighted by Gasteiger charge is -2.24. The minimum Gasteiger partial charge on any atom is -0.520 e. The van der Waals surface area contributed by atoms with Crippen LogP contribution in [0.2, 0.25) is 13.1 Å². The maximum atomic E-state index is 6.16. The van der Waals surface area contributed by atoms with Crippen molar-refractivity contribution in [2.45, 2.75) is 104 Å². The van der Waals surface area contributed by atoms with E-state index in [9.17, 15) is 0 Å². The van der Waals surface area contributed by atoms with Gasteiger partial charge < -0.3 is 8.85 Å². The Hall–Kier alpha value is -0.803. The standard InChI is InChI=1S/C23H42O2Si/c1-5-6-7-8-9-10-11-12-13-14-15-18-21-24-26(3,4)25-23-20-17-16-19-22(23)2/h16-17,19-20H,5-15,18,21H2,1-4H3. The number of para-hydroxylation sites is 1. The predicted octanol–water partition coefficient (Wildman–Crippen LogP) is 7.79. The number of hydrogen-bond acceptors (Lipinski definition) is 2. The zero-order valence-electron chi connectivity index (χ0n) is 17.8. The van der Waals surface area contributed by atoms with E-state index in [1.54, 1.807) is 0 Å². The molecule has 0 aliphatic heterocycles. The first kappa shape index (κ1) is 23.2. The molecule has 3 heteroatoms. The minimum absolute atomic E-state index is 0.836. The fourth-order valence-corrected chi connectivity index (χ4v) is 4.68. The van der Waals surface area contributed by atoms with Gasteiger partial charge in [-0.3, -0.25) is 0 Å². The Kier molecular flexibility index (Phi) is 12.8. The lowest BCUT2D eigenvalue weighted by atomic mass is 10.1. The summed E-state index contributed by atoms with van der Waals surface area (Å²) in [6.07, 6.45) is 16.5. The van der Waals surface area contributed by atoms with Crippen molar-refractivity contribution >= 4 is 8.56 Å². The van der Waals surface area contributed by atoms with Gasteiger partial charge in [-0.05, 0) is 38.1 Å². The molecule has 0 bridgehead atoms. The van der Waals surface area contributed by atoms with Crippen LogP contribution in [0.1, 0.15) is 89.5 Å². The number of unbranched alkanes of at least 4 members (excludes halogenated alkanes) is 11. The molecule has 0 saturated carbocycles. The smallest absolute Gasteiger partial charge is 0.392 e. The van der Waals surface area contributed by atoms with Crippen molar-refractivity contribution in [2.24, 2.45) is 0 Å². The molecule has 150 valence electrons. The van der Waals surface area contributed by atoms with Crippen molar-refractivity contribution < 1.29 is 8.85 Å². The summed E-state index contributed by atoms with van der Waals surface area (Å²) in [6, 6.07) is 8.20. The van der Waals surface area contributed by atoms with Crippen LogP contribution >= 0.6 is 0 Å². The zero-order valence-corrected chi connectivity index (χ0v) is 18.8. The average molecular weight is 379 g/mol. The zero-order chi connectivity index (χ0) is 19.1. The number of rotatable bonds is 16. The lowest BCUT2D eigenvalue weighted by molar-refractivity contribution is 0.240. The minimum atomic E-state index is -2.08. The summed E-state index contributed by atoms with van der Waals surface area (Å²) < 4.78 is 12.3. The fourth-order valence-electron chi connectivity index (χ4n) is 3.23. The molecule has 26 heavy (non-hydrogen) atoms. The molecular weight excluding hydrogens is 336 g/mol. The van der Waals surface area contributed by atoms with E-state index in [0.717, 1.165) is 18.8 Å². The maximum Gasteiger partial charge on any atom is 0.392 e. The van der Waals surface area contributed by atoms with E-state index < -0.39 is 8.56 Å². The van der Waals surface area contributed by atoms with Gasteiger partial charge in [0, 0.05) is 6.61 Å². The fraction of sp³-hybridized carbons (Fsp3) is 0.739. The van der Waals surface area contributed by atoms with Crippen molar-refractivity contribution in [3.8, 4) is 5.75 Å². The molecule has 0 saturated heterocycles. The molecule has 0 spiro atoms. The quantitative estimate of drug-likeness (QED) is 0.216. The second-order valence-corrected chi connectivity index (χ2v) is 11.3. The molecule has 0 amide bonds. The highest BCUT2D eigenvalue weighted by atomic mass is 28.4. The molecule has 0 atom stereocenters. The molecule has 0 fully saturated rings. The van der Waals surface area contributed by atoms with E-state index >= 15 is 0 Å². The summed E-state index contributed by atoms with van der Waals surface area (Å²) in [4.78, 5) is 0. The summed E-state index contributed by atoms with van der Waals surface area (Å²) in [5.41, 5.74) is 1.18. The third kappa shape index (κ3) is 11.7. The van der Waals surface area contributed by atoms with E-state index in [2.05, 4.69) is 33.0 Å². The lowest BCUT2D eigenvalue weighted by Crippen LogP contribution is -2.38. The van der Waals surface area contributed by atoms with Crippen molar-refractivity contribution in [1.82, 2.24) is 0 Å². The van der Waals surface area contributed by atoms with E-state index in [1.165, 1.54) is 76.2 Å². The van der Waals surface area contributed by atoms with Gasteiger partial charge >= 0.3 is 8.56 Å². The van der Waals surface area contributed by atoms with Crippen LogP contribution in [0.4, 0.5) is 0 Å². The first-order valence-electron chi connectivity index (χ1n) is 10.9. The van der Waals surface area contributed by atoms with Crippen LogP contribution in [-0.2, 0) is 4.43 Å². The van der Waals surface area contributed by atoms with Gasteiger partial charge in [-0.15, -0.1) is 0 Å². The van der Waals surface area contributed by atoms with Crippen molar-refractivity contribution in [3.05, 3.63) is 29.8 Å². The van der Waals surface area contributed by atoms with Gasteiger partial charge in [0.2, 0.25) is 0 Å². The van der Waals surface area contributed by atoms with Gasteiger partial charge in [0.15, 0.2) is 0 Å². The Balaban J connectivity index is 1.96. The van der Waals surface area contributed by atoms with E-state index in [1.807, 2.05) is 18.2 Å². The topological polar surface area (TPSA) is 18.5 Å². The summed E-state index contributed by atoms with van der Waals surface area (Å²) in [5.74, 6) is 0.971. The second-order valence-electron chi connectivity index (χ2n) is 8.00. The predicted molar refractivity (Wildman–Crippen MR) is 116 cm³/mol. The molecule has 0 N–H and O–H groups in total. The first-order valence-corrected chi connectivity index (χ1v) is 13.8. The van der Waals surface area contributed by atoms with E-state index in [-0.39, 0.29) is 0 Å². The SMILES string of the molecule is CCCCCCCCCCCCCCO[Si](C)(C)Oc1ccccc1C. The molecule has 1 aromatic carbocycles. The molecule has 0 aliphatic rings. The van der Waals surface area contributed by atoms with Crippen LogP contribution in [0.25, 0.3) is 0 Å². The molecule has 1 rings (SSSR count). The monoisotopic (exact) mass is 378 g/mol. The van der Waals surface area contributed by atoms with Crippen molar-refractivity contribution in [2.75, 3.05) is 6.61 Å². The van der Waals surface area contributed by atoms with Crippen molar-refractivity contribution in [3.63, 3.8) is 0 Å². The second kappa shape index (κ2) is 14.3. The summed E-state index contributed by atoms with van der Waals surface area (Å²) >= 11 is 0. The Morgan fingerprint density at radius 3 is 1.77 bits per heavy atom. The summed E-state index contributed by atoms with van der Waals surface area (Å²) in [7, 11) is -2.08. The number of aryl methyl sites for hydroxylation is 1. The molecule has 1 aromatic rings. The maximum absolute atomic E-state index is 6.16. The van der Waals surface area contributed by atoms with E-state index in [0.29, 0.717) is 0 Å². The molecule has 0 aromatic heterocycles. The third-order valence-corrected chi connectivity index (χ3v) is 6.51. The highest BCUT2D eigenvalue weighted by molar-refractivity contribution is 6.65. The van der Waals surface area contributed by atoms with Crippen LogP contribution in [0.3, 0.4) is 0 Å². The van der Waals surface area contributed by atoms with Gasteiger partial charge in [-0.25, -0.2) is 0 Å². The van der Waals surface area contributed by atoms with Gasteiger partial charge in [0.1, 0.15) is 5.75 Å². The highest BCUT2D eigenvalue weighted by Gasteiger charge is 2.26. The number of hydrogen-bond donors (Lipinski definition) is 0. The molecule has 0 aliphatic carbocycles. The van der Waals surface area contributed by atoms with E-state index in [4.69, 9.17) is 8.85 Å². The van der Waals surface area contributed by atoms with Crippen LogP contribution in [0, 0.1) is 6.92 Å².